The van der Waals surface area contributed by atoms with Gasteiger partial charge in [-0.05, 0) is 38.5 Å². The minimum atomic E-state index is -0.758. The van der Waals surface area contributed by atoms with E-state index in [0.717, 1.165) is 6.07 Å². The van der Waals surface area contributed by atoms with Gasteiger partial charge in [0.15, 0.2) is 6.61 Å². The number of benzene rings is 1. The van der Waals surface area contributed by atoms with Crippen molar-refractivity contribution in [3.05, 3.63) is 55.9 Å². The van der Waals surface area contributed by atoms with Gasteiger partial charge < -0.3 is 20.1 Å². The van der Waals surface area contributed by atoms with Crippen molar-refractivity contribution >= 4 is 34.9 Å². The second kappa shape index (κ2) is 8.19. The average molecular weight is 396 g/mol. The number of hydrogen-bond acceptors (Lipinski definition) is 6. The summed E-state index contributed by atoms with van der Waals surface area (Å²) in [6, 6.07) is 3.78. The highest BCUT2D eigenvalue weighted by Crippen LogP contribution is 2.27. The highest BCUT2D eigenvalue weighted by atomic mass is 35.5. The molecule has 9 nitrogen and oxygen atoms in total. The minimum absolute atomic E-state index is 0.0593. The summed E-state index contributed by atoms with van der Waals surface area (Å²) in [7, 11) is 0. The molecule has 0 spiro atoms. The minimum Gasteiger partial charge on any atom is -0.451 e. The third kappa shape index (κ3) is 4.63. The van der Waals surface area contributed by atoms with Crippen LogP contribution in [0.15, 0.2) is 18.2 Å². The van der Waals surface area contributed by atoms with Gasteiger partial charge in [0.05, 0.1) is 11.0 Å². The molecule has 0 saturated carbocycles. The molecule has 0 saturated heterocycles. The number of halogens is 1. The molecular formula is C17H18ClN3O6. The van der Waals surface area contributed by atoms with Crippen LogP contribution in [0.4, 0.5) is 11.4 Å². The second-order valence-corrected chi connectivity index (χ2v) is 6.29. The molecule has 0 aliphatic carbocycles. The maximum atomic E-state index is 12.2. The monoisotopic (exact) mass is 395 g/mol. The Bertz CT molecular complexity index is 906. The van der Waals surface area contributed by atoms with Crippen molar-refractivity contribution in [3.63, 3.8) is 0 Å². The van der Waals surface area contributed by atoms with E-state index in [1.165, 1.54) is 12.1 Å². The van der Waals surface area contributed by atoms with E-state index < -0.39 is 29.5 Å². The number of aryl methyl sites for hydroxylation is 1. The molecule has 10 heteroatoms. The highest BCUT2D eigenvalue weighted by molar-refractivity contribution is 6.32. The molecule has 1 heterocycles. The lowest BCUT2D eigenvalue weighted by Gasteiger charge is -2.07. The first-order valence-corrected chi connectivity index (χ1v) is 8.27. The molecule has 0 aliphatic heterocycles. The van der Waals surface area contributed by atoms with Gasteiger partial charge in [-0.25, -0.2) is 4.79 Å². The Morgan fingerprint density at radius 2 is 2.07 bits per heavy atom. The number of nitro benzene ring substituents is 1. The summed E-state index contributed by atoms with van der Waals surface area (Å²) in [6.45, 7) is 4.37. The van der Waals surface area contributed by atoms with Gasteiger partial charge in [-0.3, -0.25) is 14.9 Å². The van der Waals surface area contributed by atoms with Crippen LogP contribution in [0, 0.1) is 24.0 Å². The van der Waals surface area contributed by atoms with E-state index in [4.69, 9.17) is 16.3 Å². The maximum Gasteiger partial charge on any atom is 0.355 e. The molecule has 1 atom stereocenters. The van der Waals surface area contributed by atoms with Crippen molar-refractivity contribution < 1.29 is 24.4 Å². The number of aliphatic hydroxyl groups excluding tert-OH is 1. The number of ether oxygens (including phenoxy) is 1. The van der Waals surface area contributed by atoms with Crippen LogP contribution in [0.1, 0.15) is 40.3 Å². The van der Waals surface area contributed by atoms with Crippen molar-refractivity contribution in [1.29, 1.82) is 0 Å². The maximum absolute atomic E-state index is 12.2. The predicted molar refractivity (Wildman–Crippen MR) is 97.9 cm³/mol. The van der Waals surface area contributed by atoms with Gasteiger partial charge in [0, 0.05) is 23.0 Å². The van der Waals surface area contributed by atoms with Crippen LogP contribution < -0.4 is 5.32 Å². The molecule has 0 fully saturated rings. The van der Waals surface area contributed by atoms with E-state index in [-0.39, 0.29) is 22.1 Å². The molecule has 1 aromatic heterocycles. The first-order chi connectivity index (χ1) is 12.6. The number of nitro groups is 1. The third-order valence-corrected chi connectivity index (χ3v) is 4.20. The van der Waals surface area contributed by atoms with E-state index in [9.17, 15) is 24.8 Å². The number of aromatic nitrogens is 1. The normalized spacial score (nSPS) is 11.7. The molecular weight excluding hydrogens is 378 g/mol. The quantitative estimate of drug-likeness (QED) is 0.391. The van der Waals surface area contributed by atoms with Gasteiger partial charge in [0.25, 0.3) is 11.6 Å². The van der Waals surface area contributed by atoms with E-state index in [1.807, 2.05) is 0 Å². The Morgan fingerprint density at radius 3 is 2.63 bits per heavy atom. The number of carbonyl (C=O) groups is 2. The van der Waals surface area contributed by atoms with Crippen molar-refractivity contribution in [1.82, 2.24) is 4.98 Å². The lowest BCUT2D eigenvalue weighted by Crippen LogP contribution is -2.21. The van der Waals surface area contributed by atoms with Gasteiger partial charge >= 0.3 is 5.97 Å². The number of aromatic amines is 1. The number of nitrogens with one attached hydrogen (secondary N) is 2. The Hall–Kier alpha value is -2.91. The summed E-state index contributed by atoms with van der Waals surface area (Å²) in [5.74, 6) is -1.42. The summed E-state index contributed by atoms with van der Waals surface area (Å²) >= 11 is 5.71. The van der Waals surface area contributed by atoms with Gasteiger partial charge in [-0.1, -0.05) is 11.6 Å². The SMILES string of the molecule is Cc1[nH]c(C(=O)OCC(=O)Nc2ccc(Cl)c([N+](=O)[O-])c2)c(C)c1[C@@H](C)O. The lowest BCUT2D eigenvalue weighted by atomic mass is 10.1. The molecule has 144 valence electrons. The molecule has 0 aliphatic rings. The number of H-pyrrole nitrogens is 1. The first kappa shape index (κ1) is 20.4. The summed E-state index contributed by atoms with van der Waals surface area (Å²) < 4.78 is 4.97. The Kier molecular flexibility index (Phi) is 6.19. The fourth-order valence-electron chi connectivity index (χ4n) is 2.73. The van der Waals surface area contributed by atoms with E-state index in [2.05, 4.69) is 10.3 Å². The number of carbonyl (C=O) groups excluding carboxylic acids is 2. The van der Waals surface area contributed by atoms with Crippen LogP contribution in [0.25, 0.3) is 0 Å². The standard InChI is InChI=1S/C17H18ClN3O6/c1-8-15(10(3)22)9(2)19-16(8)17(24)27-7-14(23)20-11-4-5-12(18)13(6-11)21(25)26/h4-6,10,19,22H,7H2,1-3H3,(H,20,23)/t10-/m1/s1. The number of rotatable bonds is 6. The molecule has 0 radical (unpaired) electrons. The molecule has 27 heavy (non-hydrogen) atoms. The van der Waals surface area contributed by atoms with Crippen molar-refractivity contribution in [3.8, 4) is 0 Å². The van der Waals surface area contributed by atoms with Gasteiger partial charge in [0.2, 0.25) is 0 Å². The number of aliphatic hydroxyl groups is 1. The van der Waals surface area contributed by atoms with Crippen LogP contribution in [-0.4, -0.2) is 33.5 Å². The molecule has 2 aromatic rings. The smallest absolute Gasteiger partial charge is 0.355 e. The Balaban J connectivity index is 2.02. The summed E-state index contributed by atoms with van der Waals surface area (Å²) in [6.07, 6.45) is -0.758. The Morgan fingerprint density at radius 1 is 1.41 bits per heavy atom. The average Bonchev–Trinajstić information content (AvgIpc) is 2.88. The van der Waals surface area contributed by atoms with Crippen molar-refractivity contribution in [2.24, 2.45) is 0 Å². The fraction of sp³-hybridized carbons (Fsp3) is 0.294. The topological polar surface area (TPSA) is 135 Å². The summed E-state index contributed by atoms with van der Waals surface area (Å²) in [4.78, 5) is 37.1. The number of hydrogen-bond donors (Lipinski definition) is 3. The van der Waals surface area contributed by atoms with Gasteiger partial charge in [0.1, 0.15) is 10.7 Å². The number of anilines is 1. The molecule has 0 unspecified atom stereocenters. The van der Waals surface area contributed by atoms with E-state index in [1.54, 1.807) is 20.8 Å². The van der Waals surface area contributed by atoms with Gasteiger partial charge in [-0.15, -0.1) is 0 Å². The summed E-state index contributed by atoms with van der Waals surface area (Å²) in [5.41, 5.74) is 1.72. The van der Waals surface area contributed by atoms with Crippen LogP contribution in [0.3, 0.4) is 0 Å². The van der Waals surface area contributed by atoms with Crippen molar-refractivity contribution in [2.75, 3.05) is 11.9 Å². The predicted octanol–water partition coefficient (Wildman–Crippen LogP) is 3.04. The molecule has 0 bridgehead atoms. The molecule has 3 N–H and O–H groups in total. The highest BCUT2D eigenvalue weighted by Gasteiger charge is 2.22. The van der Waals surface area contributed by atoms with Gasteiger partial charge in [-0.2, -0.15) is 0 Å². The zero-order valence-corrected chi connectivity index (χ0v) is 15.6. The zero-order chi connectivity index (χ0) is 20.3. The number of nitrogens with zero attached hydrogens (tertiary/aromatic N) is 1. The molecule has 1 aromatic carbocycles. The number of esters is 1. The third-order valence-electron chi connectivity index (χ3n) is 3.88. The van der Waals surface area contributed by atoms with Crippen LogP contribution in [0.2, 0.25) is 5.02 Å². The second-order valence-electron chi connectivity index (χ2n) is 5.89. The molecule has 1 amide bonds. The van der Waals surface area contributed by atoms with Crippen molar-refractivity contribution in [2.45, 2.75) is 26.9 Å². The zero-order valence-electron chi connectivity index (χ0n) is 14.8. The van der Waals surface area contributed by atoms with Crippen LogP contribution in [-0.2, 0) is 9.53 Å². The van der Waals surface area contributed by atoms with E-state index >= 15 is 0 Å². The first-order valence-electron chi connectivity index (χ1n) is 7.89. The Labute approximate surface area is 159 Å². The largest absolute Gasteiger partial charge is 0.451 e. The fourth-order valence-corrected chi connectivity index (χ4v) is 2.91. The summed E-state index contributed by atoms with van der Waals surface area (Å²) in [5, 5.41) is 22.9. The lowest BCUT2D eigenvalue weighted by molar-refractivity contribution is -0.384. The number of amides is 1. The molecule has 2 rings (SSSR count). The van der Waals surface area contributed by atoms with Crippen LogP contribution in [0.5, 0.6) is 0 Å². The van der Waals surface area contributed by atoms with Crippen LogP contribution >= 0.6 is 11.6 Å². The van der Waals surface area contributed by atoms with E-state index in [0.29, 0.717) is 16.8 Å².